The van der Waals surface area contributed by atoms with E-state index in [0.29, 0.717) is 12.0 Å². The molecule has 0 spiro atoms. The molecule has 0 saturated carbocycles. The van der Waals surface area contributed by atoms with E-state index in [1.807, 2.05) is 0 Å². The summed E-state index contributed by atoms with van der Waals surface area (Å²) in [5.41, 5.74) is 2.76. The molecule has 0 atom stereocenters. The smallest absolute Gasteiger partial charge is 0.120 e. The van der Waals surface area contributed by atoms with Gasteiger partial charge in [-0.15, -0.1) is 0 Å². The first-order valence-corrected chi connectivity index (χ1v) is 6.64. The van der Waals surface area contributed by atoms with Gasteiger partial charge in [0.1, 0.15) is 11.9 Å². The molecule has 17 heavy (non-hydrogen) atoms. The van der Waals surface area contributed by atoms with Crippen molar-refractivity contribution in [3.63, 3.8) is 0 Å². The third kappa shape index (κ3) is 3.22. The molecule has 1 aliphatic rings. The van der Waals surface area contributed by atoms with Crippen molar-refractivity contribution in [3.8, 4) is 5.75 Å². The molecule has 0 amide bonds. The molecule has 0 unspecified atom stereocenters. The van der Waals surface area contributed by atoms with Gasteiger partial charge in [0.2, 0.25) is 0 Å². The van der Waals surface area contributed by atoms with Crippen molar-refractivity contribution in [2.24, 2.45) is 0 Å². The third-order valence-electron chi connectivity index (χ3n) is 3.46. The quantitative estimate of drug-likeness (QED) is 0.865. The van der Waals surface area contributed by atoms with E-state index in [4.69, 9.17) is 4.74 Å². The molecule has 0 radical (unpaired) electrons. The number of ether oxygens (including phenoxy) is 1. The van der Waals surface area contributed by atoms with E-state index in [1.165, 1.54) is 11.1 Å². The summed E-state index contributed by atoms with van der Waals surface area (Å²) in [6.07, 6.45) is 2.62. The maximum absolute atomic E-state index is 6.06. The van der Waals surface area contributed by atoms with E-state index in [0.717, 1.165) is 31.7 Å². The minimum atomic E-state index is 0.388. The number of aryl methyl sites for hydroxylation is 1. The molecule has 0 bridgehead atoms. The Bertz CT molecular complexity index is 367. The molecule has 1 aliphatic heterocycles. The maximum Gasteiger partial charge on any atom is 0.120 e. The normalized spacial score (nSPS) is 17.4. The molecule has 2 heteroatoms. The summed E-state index contributed by atoms with van der Waals surface area (Å²) in [6.45, 7) is 8.79. The van der Waals surface area contributed by atoms with Crippen LogP contribution in [-0.4, -0.2) is 19.2 Å². The summed E-state index contributed by atoms with van der Waals surface area (Å²) in [4.78, 5) is 0. The van der Waals surface area contributed by atoms with Crippen LogP contribution >= 0.6 is 0 Å². The van der Waals surface area contributed by atoms with E-state index in [9.17, 15) is 0 Å². The van der Waals surface area contributed by atoms with Crippen molar-refractivity contribution < 1.29 is 4.74 Å². The van der Waals surface area contributed by atoms with Gasteiger partial charge >= 0.3 is 0 Å². The predicted octanol–water partition coefficient (Wildman–Crippen LogP) is 3.25. The van der Waals surface area contributed by atoms with Gasteiger partial charge in [-0.05, 0) is 62.0 Å². The largest absolute Gasteiger partial charge is 0.490 e. The second-order valence-corrected chi connectivity index (χ2v) is 5.24. The molecule has 0 aliphatic carbocycles. The van der Waals surface area contributed by atoms with Crippen LogP contribution in [0.1, 0.15) is 43.7 Å². The summed E-state index contributed by atoms with van der Waals surface area (Å²) < 4.78 is 6.06. The van der Waals surface area contributed by atoms with Gasteiger partial charge in [-0.25, -0.2) is 0 Å². The standard InChI is InChI=1S/C15H23NO/c1-11(2)15-10-14(5-4-12(15)3)17-13-6-8-16-9-7-13/h4-5,10-11,13,16H,6-9H2,1-3H3. The highest BCUT2D eigenvalue weighted by Crippen LogP contribution is 2.25. The first kappa shape index (κ1) is 12.4. The second-order valence-electron chi connectivity index (χ2n) is 5.24. The molecule has 2 nitrogen and oxygen atoms in total. The van der Waals surface area contributed by atoms with Gasteiger partial charge in [-0.2, -0.15) is 0 Å². The van der Waals surface area contributed by atoms with Crippen LogP contribution in [0.15, 0.2) is 18.2 Å². The van der Waals surface area contributed by atoms with E-state index in [-0.39, 0.29) is 0 Å². The van der Waals surface area contributed by atoms with Crippen LogP contribution in [0.4, 0.5) is 0 Å². The van der Waals surface area contributed by atoms with Gasteiger partial charge in [0.25, 0.3) is 0 Å². The predicted molar refractivity (Wildman–Crippen MR) is 71.8 cm³/mol. The first-order chi connectivity index (χ1) is 8.16. The van der Waals surface area contributed by atoms with E-state index in [1.54, 1.807) is 0 Å². The summed E-state index contributed by atoms with van der Waals surface area (Å²) in [5.74, 6) is 1.60. The molecule has 1 heterocycles. The van der Waals surface area contributed by atoms with Gasteiger partial charge in [0, 0.05) is 0 Å². The van der Waals surface area contributed by atoms with E-state index >= 15 is 0 Å². The molecule has 1 aromatic rings. The highest BCUT2D eigenvalue weighted by molar-refractivity contribution is 5.36. The van der Waals surface area contributed by atoms with Crippen LogP contribution in [0.5, 0.6) is 5.75 Å². The fraction of sp³-hybridized carbons (Fsp3) is 0.600. The average molecular weight is 233 g/mol. The van der Waals surface area contributed by atoms with Crippen LogP contribution in [0.2, 0.25) is 0 Å². The van der Waals surface area contributed by atoms with Crippen molar-refractivity contribution in [1.29, 1.82) is 0 Å². The number of hydrogen-bond donors (Lipinski definition) is 1. The van der Waals surface area contributed by atoms with Gasteiger partial charge < -0.3 is 10.1 Å². The minimum absolute atomic E-state index is 0.388. The van der Waals surface area contributed by atoms with Crippen LogP contribution < -0.4 is 10.1 Å². The van der Waals surface area contributed by atoms with Crippen LogP contribution in [0.3, 0.4) is 0 Å². The molecule has 94 valence electrons. The van der Waals surface area contributed by atoms with E-state index < -0.39 is 0 Å². The molecule has 2 rings (SSSR count). The lowest BCUT2D eigenvalue weighted by Gasteiger charge is -2.24. The lowest BCUT2D eigenvalue weighted by atomic mass is 9.98. The molecule has 0 aromatic heterocycles. The highest BCUT2D eigenvalue weighted by Gasteiger charge is 2.15. The fourth-order valence-electron chi connectivity index (χ4n) is 2.42. The van der Waals surface area contributed by atoms with Crippen molar-refractivity contribution in [1.82, 2.24) is 5.32 Å². The Morgan fingerprint density at radius 1 is 1.24 bits per heavy atom. The second kappa shape index (κ2) is 5.54. The zero-order valence-electron chi connectivity index (χ0n) is 11.1. The fourth-order valence-corrected chi connectivity index (χ4v) is 2.42. The Morgan fingerprint density at radius 3 is 2.59 bits per heavy atom. The molecule has 1 N–H and O–H groups in total. The first-order valence-electron chi connectivity index (χ1n) is 6.64. The van der Waals surface area contributed by atoms with Gasteiger partial charge in [0.05, 0.1) is 0 Å². The Kier molecular flexibility index (Phi) is 4.06. The number of piperidine rings is 1. The molecular weight excluding hydrogens is 210 g/mol. The Balaban J connectivity index is 2.07. The lowest BCUT2D eigenvalue weighted by molar-refractivity contribution is 0.162. The van der Waals surface area contributed by atoms with Gasteiger partial charge in [-0.1, -0.05) is 19.9 Å². The third-order valence-corrected chi connectivity index (χ3v) is 3.46. The van der Waals surface area contributed by atoms with E-state index in [2.05, 4.69) is 44.3 Å². The average Bonchev–Trinajstić information content (AvgIpc) is 2.32. The van der Waals surface area contributed by atoms with Crippen molar-refractivity contribution >= 4 is 0 Å². The minimum Gasteiger partial charge on any atom is -0.490 e. The maximum atomic E-state index is 6.06. The Hall–Kier alpha value is -1.02. The molecule has 1 saturated heterocycles. The molecule has 1 fully saturated rings. The molecule has 1 aromatic carbocycles. The van der Waals surface area contributed by atoms with Crippen LogP contribution in [0, 0.1) is 6.92 Å². The van der Waals surface area contributed by atoms with Gasteiger partial charge in [0.15, 0.2) is 0 Å². The zero-order chi connectivity index (χ0) is 12.3. The lowest BCUT2D eigenvalue weighted by Crippen LogP contribution is -2.34. The topological polar surface area (TPSA) is 21.3 Å². The Labute approximate surface area is 104 Å². The zero-order valence-corrected chi connectivity index (χ0v) is 11.1. The monoisotopic (exact) mass is 233 g/mol. The van der Waals surface area contributed by atoms with Crippen molar-refractivity contribution in [2.75, 3.05) is 13.1 Å². The molecular formula is C15H23NO. The summed E-state index contributed by atoms with van der Waals surface area (Å²) in [6, 6.07) is 6.48. The van der Waals surface area contributed by atoms with Crippen molar-refractivity contribution in [2.45, 2.75) is 45.6 Å². The van der Waals surface area contributed by atoms with Gasteiger partial charge in [-0.3, -0.25) is 0 Å². The SMILES string of the molecule is Cc1ccc(OC2CCNCC2)cc1C(C)C. The van der Waals surface area contributed by atoms with Crippen LogP contribution in [0.25, 0.3) is 0 Å². The summed E-state index contributed by atoms with van der Waals surface area (Å²) >= 11 is 0. The number of hydrogen-bond acceptors (Lipinski definition) is 2. The number of nitrogens with one attached hydrogen (secondary N) is 1. The number of benzene rings is 1. The summed E-state index contributed by atoms with van der Waals surface area (Å²) in [5, 5.41) is 3.36. The summed E-state index contributed by atoms with van der Waals surface area (Å²) in [7, 11) is 0. The van der Waals surface area contributed by atoms with Crippen molar-refractivity contribution in [3.05, 3.63) is 29.3 Å². The number of rotatable bonds is 3. The highest BCUT2D eigenvalue weighted by atomic mass is 16.5. The Morgan fingerprint density at radius 2 is 1.94 bits per heavy atom. The van der Waals surface area contributed by atoms with Crippen LogP contribution in [-0.2, 0) is 0 Å².